The van der Waals surface area contributed by atoms with E-state index in [4.69, 9.17) is 9.47 Å². The van der Waals surface area contributed by atoms with Gasteiger partial charge in [-0.25, -0.2) is 0 Å². The summed E-state index contributed by atoms with van der Waals surface area (Å²) >= 11 is 0. The number of benzene rings is 4. The van der Waals surface area contributed by atoms with E-state index < -0.39 is 0 Å². The Morgan fingerprint density at radius 3 is 1.48 bits per heavy atom. The predicted octanol–water partition coefficient (Wildman–Crippen LogP) is 7.69. The van der Waals surface area contributed by atoms with Crippen LogP contribution in [0.4, 0.5) is 0 Å². The van der Waals surface area contributed by atoms with Gasteiger partial charge in [-0.05, 0) is 60.9 Å². The van der Waals surface area contributed by atoms with Crippen molar-refractivity contribution in [3.05, 3.63) is 116 Å². The first-order valence-electron chi connectivity index (χ1n) is 10.1. The minimum Gasteiger partial charge on any atom is -0.508 e. The molecule has 33 heavy (non-hydrogen) atoms. The van der Waals surface area contributed by atoms with Gasteiger partial charge in [-0.15, -0.1) is 0 Å². The molecule has 0 aliphatic rings. The minimum atomic E-state index is 0. The molecule has 5 heteroatoms. The van der Waals surface area contributed by atoms with Gasteiger partial charge in [-0.3, -0.25) is 0 Å². The van der Waals surface area contributed by atoms with Crippen molar-refractivity contribution in [2.75, 3.05) is 0 Å². The average molecular weight is 495 g/mol. The summed E-state index contributed by atoms with van der Waals surface area (Å²) in [6.07, 6.45) is 0.817. The molecule has 0 saturated carbocycles. The third-order valence-corrected chi connectivity index (χ3v) is 4.58. The fourth-order valence-corrected chi connectivity index (χ4v) is 2.81. The maximum atomic E-state index is 9.69. The maximum absolute atomic E-state index is 9.69. The Morgan fingerprint density at radius 1 is 0.606 bits per heavy atom. The molecule has 0 spiro atoms. The van der Waals surface area contributed by atoms with Crippen molar-refractivity contribution in [2.24, 2.45) is 0 Å². The second-order valence-electron chi connectivity index (χ2n) is 6.92. The summed E-state index contributed by atoms with van der Waals surface area (Å²) in [7, 11) is 0. The molecule has 4 rings (SSSR count). The molecular weight excluding hydrogens is 466 g/mol. The van der Waals surface area contributed by atoms with E-state index in [0.29, 0.717) is 11.5 Å². The summed E-state index contributed by atoms with van der Waals surface area (Å²) in [4.78, 5) is 0. The monoisotopic (exact) mass is 493 g/mol. The van der Waals surface area contributed by atoms with Gasteiger partial charge in [0.25, 0.3) is 0 Å². The number of para-hydroxylation sites is 2. The number of phenols is 2. The van der Waals surface area contributed by atoms with Gasteiger partial charge in [0.1, 0.15) is 34.5 Å². The second-order valence-corrected chi connectivity index (χ2v) is 6.92. The molecule has 4 nitrogen and oxygen atoms in total. The molecule has 0 aromatic heterocycles. The van der Waals surface area contributed by atoms with Crippen LogP contribution in [0, 0.1) is 14.4 Å². The summed E-state index contributed by atoms with van der Waals surface area (Å²) in [6, 6.07) is 29.7. The van der Waals surface area contributed by atoms with Crippen LogP contribution in [-0.2, 0) is 25.9 Å². The smallest absolute Gasteiger partial charge is 0.131 e. The van der Waals surface area contributed by atoms with Gasteiger partial charge in [0.05, 0.1) is 0 Å². The van der Waals surface area contributed by atoms with E-state index in [2.05, 4.69) is 0 Å². The molecule has 0 saturated heterocycles. The van der Waals surface area contributed by atoms with Crippen molar-refractivity contribution in [3.8, 4) is 34.5 Å². The van der Waals surface area contributed by atoms with Crippen LogP contribution >= 0.6 is 0 Å². The van der Waals surface area contributed by atoms with E-state index in [1.54, 1.807) is 12.1 Å². The van der Waals surface area contributed by atoms with Crippen molar-refractivity contribution >= 4 is 0 Å². The molecule has 4 aromatic rings. The topological polar surface area (TPSA) is 58.9 Å². The first-order chi connectivity index (χ1) is 15.0. The molecule has 0 atom stereocenters. The van der Waals surface area contributed by atoms with E-state index >= 15 is 0 Å². The number of hydrogen-bond acceptors (Lipinski definition) is 4. The molecule has 0 heterocycles. The van der Waals surface area contributed by atoms with E-state index in [-0.39, 0.29) is 38.4 Å². The van der Waals surface area contributed by atoms with Gasteiger partial charge in [-0.1, -0.05) is 55.5 Å². The Morgan fingerprint density at radius 2 is 1.06 bits per heavy atom. The standard InChI is InChI=1S/C14H14O2.C13H12O2.CH3.Zn/c1-2-11-8-9-13(10-14(11)15)16-12-6-4-3-5-7-12;1-10-7-8-12(9-13(10)14)15-11-5-3-2-4-6-11;;/h3-10,15H,2H2,1H3;2-9,14H,1H3;1H3;/q;;-1;. The van der Waals surface area contributed by atoms with Crippen LogP contribution in [-0.4, -0.2) is 10.2 Å². The zero-order valence-corrected chi connectivity index (χ0v) is 22.3. The van der Waals surface area contributed by atoms with Crippen LogP contribution in [0.2, 0.25) is 0 Å². The van der Waals surface area contributed by atoms with Crippen LogP contribution in [0.5, 0.6) is 34.5 Å². The molecular formula is C28H29O4Zn-. The summed E-state index contributed by atoms with van der Waals surface area (Å²) in [5, 5.41) is 19.2. The summed E-state index contributed by atoms with van der Waals surface area (Å²) < 4.78 is 11.2. The van der Waals surface area contributed by atoms with Crippen molar-refractivity contribution in [3.63, 3.8) is 0 Å². The van der Waals surface area contributed by atoms with Crippen LogP contribution in [0.25, 0.3) is 0 Å². The van der Waals surface area contributed by atoms with Crippen molar-refractivity contribution in [2.45, 2.75) is 20.3 Å². The third kappa shape index (κ3) is 8.63. The Labute approximate surface area is 209 Å². The van der Waals surface area contributed by atoms with E-state index in [1.165, 1.54) is 0 Å². The summed E-state index contributed by atoms with van der Waals surface area (Å²) in [5.74, 6) is 3.37. The number of rotatable bonds is 5. The average Bonchev–Trinajstić information content (AvgIpc) is 2.78. The number of phenolic OH excluding ortho intramolecular Hbond substituents is 2. The van der Waals surface area contributed by atoms with Gasteiger partial charge < -0.3 is 27.1 Å². The Bertz CT molecular complexity index is 1100. The predicted molar refractivity (Wildman–Crippen MR) is 130 cm³/mol. The number of ether oxygens (including phenoxy) is 2. The first-order valence-corrected chi connectivity index (χ1v) is 10.1. The fraction of sp³-hybridized carbons (Fsp3) is 0.107. The van der Waals surface area contributed by atoms with Crippen LogP contribution < -0.4 is 9.47 Å². The molecule has 0 radical (unpaired) electrons. The van der Waals surface area contributed by atoms with Crippen LogP contribution in [0.3, 0.4) is 0 Å². The third-order valence-electron chi connectivity index (χ3n) is 4.58. The van der Waals surface area contributed by atoms with Crippen molar-refractivity contribution < 1.29 is 39.2 Å². The van der Waals surface area contributed by atoms with Gasteiger partial charge >= 0.3 is 0 Å². The van der Waals surface area contributed by atoms with Crippen LogP contribution in [0.1, 0.15) is 18.1 Å². The molecule has 2 N–H and O–H groups in total. The molecule has 4 aromatic carbocycles. The first kappa shape index (κ1) is 27.7. The van der Waals surface area contributed by atoms with Gasteiger partial charge in [0.2, 0.25) is 0 Å². The van der Waals surface area contributed by atoms with Gasteiger partial charge in [0.15, 0.2) is 0 Å². The van der Waals surface area contributed by atoms with Crippen molar-refractivity contribution in [1.29, 1.82) is 0 Å². The van der Waals surface area contributed by atoms with Gasteiger partial charge in [-0.2, -0.15) is 0 Å². The fourth-order valence-electron chi connectivity index (χ4n) is 2.81. The second kappa shape index (κ2) is 14.0. The van der Waals surface area contributed by atoms with E-state index in [1.807, 2.05) is 98.8 Å². The number of hydrogen-bond donors (Lipinski definition) is 2. The molecule has 0 fully saturated rings. The van der Waals surface area contributed by atoms with E-state index in [9.17, 15) is 10.2 Å². The largest absolute Gasteiger partial charge is 0.508 e. The SMILES string of the molecule is CCc1ccc(Oc2ccccc2)cc1O.Cc1ccc(Oc2ccccc2)cc1O.[CH3-].[Zn]. The minimum absolute atomic E-state index is 0. The zero-order chi connectivity index (χ0) is 22.1. The molecule has 168 valence electrons. The Balaban J connectivity index is 0.000000312. The number of aromatic hydroxyl groups is 2. The molecule has 0 amide bonds. The normalized spacial score (nSPS) is 9.39. The molecule has 0 aliphatic carbocycles. The van der Waals surface area contributed by atoms with Crippen molar-refractivity contribution in [1.82, 2.24) is 0 Å². The molecule has 0 unspecified atom stereocenters. The summed E-state index contributed by atoms with van der Waals surface area (Å²) in [5.41, 5.74) is 1.77. The van der Waals surface area contributed by atoms with Crippen LogP contribution in [0.15, 0.2) is 97.1 Å². The number of aryl methyl sites for hydroxylation is 2. The Kier molecular flexibility index (Phi) is 11.7. The summed E-state index contributed by atoms with van der Waals surface area (Å²) in [6.45, 7) is 3.86. The van der Waals surface area contributed by atoms with E-state index in [0.717, 1.165) is 29.0 Å². The van der Waals surface area contributed by atoms with Gasteiger partial charge in [0, 0.05) is 31.6 Å². The molecule has 0 aliphatic heterocycles. The quantitative estimate of drug-likeness (QED) is 0.220. The molecule has 0 bridgehead atoms. The Hall–Kier alpha value is -3.30. The maximum Gasteiger partial charge on any atom is 0.131 e. The zero-order valence-electron chi connectivity index (χ0n) is 19.4.